The van der Waals surface area contributed by atoms with Crippen molar-refractivity contribution >= 4 is 39.4 Å². The summed E-state index contributed by atoms with van der Waals surface area (Å²) in [6.45, 7) is 0. The Kier molecular flexibility index (Phi) is 2.65. The largest absolute Gasteiger partial charge is 0.365 e. The Labute approximate surface area is 117 Å². The summed E-state index contributed by atoms with van der Waals surface area (Å²) in [4.78, 5) is 23.6. The molecule has 0 saturated heterocycles. The summed E-state index contributed by atoms with van der Waals surface area (Å²) in [7, 11) is 0. The van der Waals surface area contributed by atoms with Gasteiger partial charge in [0.05, 0.1) is 5.52 Å². The Hall–Kier alpha value is -1.37. The SMILES string of the molecule is NC(=O)c1cn(C2CC2)c2ccc(I)cc2c1=O. The van der Waals surface area contributed by atoms with Gasteiger partial charge in [0.1, 0.15) is 5.56 Å². The monoisotopic (exact) mass is 354 g/mol. The molecule has 0 spiro atoms. The van der Waals surface area contributed by atoms with Crippen molar-refractivity contribution in [3.8, 4) is 0 Å². The Morgan fingerprint density at radius 2 is 2.11 bits per heavy atom. The molecule has 0 radical (unpaired) electrons. The van der Waals surface area contributed by atoms with Crippen LogP contribution >= 0.6 is 22.6 Å². The molecule has 1 fully saturated rings. The molecular formula is C13H11IN2O2. The maximum atomic E-state index is 12.2. The van der Waals surface area contributed by atoms with Crippen LogP contribution in [0.5, 0.6) is 0 Å². The van der Waals surface area contributed by atoms with E-state index in [2.05, 4.69) is 22.6 Å². The van der Waals surface area contributed by atoms with E-state index >= 15 is 0 Å². The fraction of sp³-hybridized carbons (Fsp3) is 0.231. The first-order chi connectivity index (χ1) is 8.58. The lowest BCUT2D eigenvalue weighted by molar-refractivity contribution is 0.0999. The number of hydrogen-bond donors (Lipinski definition) is 1. The fourth-order valence-electron chi connectivity index (χ4n) is 2.16. The molecule has 0 unspecified atom stereocenters. The molecule has 1 aromatic carbocycles. The first-order valence-corrected chi connectivity index (χ1v) is 6.80. The first kappa shape index (κ1) is 11.7. The molecule has 1 aromatic heterocycles. The Morgan fingerprint density at radius 3 is 2.72 bits per heavy atom. The summed E-state index contributed by atoms with van der Waals surface area (Å²) in [5, 5.41) is 0.574. The molecule has 1 aliphatic carbocycles. The molecule has 1 amide bonds. The maximum Gasteiger partial charge on any atom is 0.254 e. The zero-order valence-electron chi connectivity index (χ0n) is 9.52. The second kappa shape index (κ2) is 4.08. The van der Waals surface area contributed by atoms with Gasteiger partial charge in [0.2, 0.25) is 5.43 Å². The minimum Gasteiger partial charge on any atom is -0.365 e. The summed E-state index contributed by atoms with van der Waals surface area (Å²) in [5.41, 5.74) is 5.97. The number of benzene rings is 1. The predicted octanol–water partition coefficient (Wildman–Crippen LogP) is 2.04. The van der Waals surface area contributed by atoms with Crippen LogP contribution in [-0.4, -0.2) is 10.5 Å². The van der Waals surface area contributed by atoms with Crippen molar-refractivity contribution < 1.29 is 4.79 Å². The molecule has 92 valence electrons. The highest BCUT2D eigenvalue weighted by Crippen LogP contribution is 2.36. The van der Waals surface area contributed by atoms with Gasteiger partial charge < -0.3 is 10.3 Å². The molecule has 3 rings (SSSR count). The molecule has 0 aliphatic heterocycles. The topological polar surface area (TPSA) is 65.1 Å². The lowest BCUT2D eigenvalue weighted by Gasteiger charge is -2.11. The van der Waals surface area contributed by atoms with E-state index in [0.29, 0.717) is 11.4 Å². The Bertz CT molecular complexity index is 717. The number of carbonyl (C=O) groups excluding carboxylic acids is 1. The van der Waals surface area contributed by atoms with Gasteiger partial charge in [0.25, 0.3) is 5.91 Å². The Balaban J connectivity index is 2.43. The predicted molar refractivity (Wildman–Crippen MR) is 77.7 cm³/mol. The number of aromatic nitrogens is 1. The number of rotatable bonds is 2. The molecule has 1 saturated carbocycles. The van der Waals surface area contributed by atoms with Crippen molar-refractivity contribution in [3.63, 3.8) is 0 Å². The summed E-state index contributed by atoms with van der Waals surface area (Å²) >= 11 is 2.15. The third-order valence-electron chi connectivity index (χ3n) is 3.20. The molecule has 1 heterocycles. The molecule has 2 aromatic rings. The third-order valence-corrected chi connectivity index (χ3v) is 3.87. The summed E-state index contributed by atoms with van der Waals surface area (Å²) in [5.74, 6) is -0.657. The van der Waals surface area contributed by atoms with Crippen molar-refractivity contribution in [2.75, 3.05) is 0 Å². The van der Waals surface area contributed by atoms with Gasteiger partial charge in [-0.05, 0) is 53.6 Å². The van der Waals surface area contributed by atoms with Gasteiger partial charge in [0.15, 0.2) is 0 Å². The van der Waals surface area contributed by atoms with Gasteiger partial charge in [0, 0.05) is 21.2 Å². The highest BCUT2D eigenvalue weighted by molar-refractivity contribution is 14.1. The smallest absolute Gasteiger partial charge is 0.254 e. The van der Waals surface area contributed by atoms with E-state index in [1.54, 1.807) is 6.20 Å². The van der Waals surface area contributed by atoms with E-state index < -0.39 is 5.91 Å². The second-order valence-electron chi connectivity index (χ2n) is 4.54. The number of nitrogens with zero attached hydrogens (tertiary/aromatic N) is 1. The summed E-state index contributed by atoms with van der Waals surface area (Å²) < 4.78 is 2.98. The van der Waals surface area contributed by atoms with Crippen LogP contribution < -0.4 is 11.2 Å². The number of halogens is 1. The number of fused-ring (bicyclic) bond motifs is 1. The van der Waals surface area contributed by atoms with Crippen LogP contribution in [0.3, 0.4) is 0 Å². The molecule has 5 heteroatoms. The highest BCUT2D eigenvalue weighted by atomic mass is 127. The first-order valence-electron chi connectivity index (χ1n) is 5.72. The van der Waals surface area contributed by atoms with Crippen LogP contribution in [0.4, 0.5) is 0 Å². The van der Waals surface area contributed by atoms with E-state index in [9.17, 15) is 9.59 Å². The molecule has 0 bridgehead atoms. The highest BCUT2D eigenvalue weighted by Gasteiger charge is 2.26. The molecule has 18 heavy (non-hydrogen) atoms. The van der Waals surface area contributed by atoms with Gasteiger partial charge in [-0.2, -0.15) is 0 Å². The standard InChI is InChI=1S/C13H11IN2O2/c14-7-1-4-11-9(5-7)12(17)10(13(15)18)6-16(11)8-2-3-8/h1,4-6,8H,2-3H2,(H2,15,18). The Morgan fingerprint density at radius 1 is 1.39 bits per heavy atom. The zero-order valence-corrected chi connectivity index (χ0v) is 11.7. The van der Waals surface area contributed by atoms with E-state index in [-0.39, 0.29) is 11.0 Å². The van der Waals surface area contributed by atoms with Crippen molar-refractivity contribution in [2.45, 2.75) is 18.9 Å². The van der Waals surface area contributed by atoms with Crippen molar-refractivity contribution in [1.82, 2.24) is 4.57 Å². The van der Waals surface area contributed by atoms with E-state index in [0.717, 1.165) is 21.9 Å². The molecule has 2 N–H and O–H groups in total. The number of carbonyl (C=O) groups is 1. The zero-order chi connectivity index (χ0) is 12.9. The second-order valence-corrected chi connectivity index (χ2v) is 5.78. The quantitative estimate of drug-likeness (QED) is 0.839. The van der Waals surface area contributed by atoms with Crippen LogP contribution in [0, 0.1) is 3.57 Å². The molecule has 4 nitrogen and oxygen atoms in total. The van der Waals surface area contributed by atoms with E-state index in [1.807, 2.05) is 22.8 Å². The lowest BCUT2D eigenvalue weighted by Crippen LogP contribution is -2.24. The van der Waals surface area contributed by atoms with Crippen LogP contribution in [0.25, 0.3) is 10.9 Å². The van der Waals surface area contributed by atoms with Gasteiger partial charge in [-0.1, -0.05) is 0 Å². The third kappa shape index (κ3) is 1.82. The van der Waals surface area contributed by atoms with Crippen LogP contribution in [0.15, 0.2) is 29.2 Å². The number of pyridine rings is 1. The number of nitrogens with two attached hydrogens (primary N) is 1. The van der Waals surface area contributed by atoms with Crippen molar-refractivity contribution in [3.05, 3.63) is 43.8 Å². The summed E-state index contributed by atoms with van der Waals surface area (Å²) in [6.07, 6.45) is 3.78. The van der Waals surface area contributed by atoms with Crippen LogP contribution in [0.1, 0.15) is 29.2 Å². The van der Waals surface area contributed by atoms with Crippen LogP contribution in [0.2, 0.25) is 0 Å². The maximum absolute atomic E-state index is 12.2. The van der Waals surface area contributed by atoms with Gasteiger partial charge >= 0.3 is 0 Å². The summed E-state index contributed by atoms with van der Waals surface area (Å²) in [6, 6.07) is 6.10. The number of amides is 1. The van der Waals surface area contributed by atoms with Crippen molar-refractivity contribution in [2.24, 2.45) is 5.73 Å². The van der Waals surface area contributed by atoms with Gasteiger partial charge in [-0.15, -0.1) is 0 Å². The van der Waals surface area contributed by atoms with E-state index in [1.165, 1.54) is 0 Å². The normalized spacial score (nSPS) is 14.9. The van der Waals surface area contributed by atoms with Gasteiger partial charge in [-0.3, -0.25) is 9.59 Å². The molecule has 1 aliphatic rings. The van der Waals surface area contributed by atoms with E-state index in [4.69, 9.17) is 5.73 Å². The molecular weight excluding hydrogens is 343 g/mol. The minimum atomic E-state index is -0.657. The number of primary amides is 1. The minimum absolute atomic E-state index is 0.0800. The lowest BCUT2D eigenvalue weighted by atomic mass is 10.1. The van der Waals surface area contributed by atoms with Gasteiger partial charge in [-0.25, -0.2) is 0 Å². The fourth-order valence-corrected chi connectivity index (χ4v) is 2.65. The van der Waals surface area contributed by atoms with Crippen molar-refractivity contribution in [1.29, 1.82) is 0 Å². The average molecular weight is 354 g/mol. The average Bonchev–Trinajstić information content (AvgIpc) is 3.14. The molecule has 0 atom stereocenters. The number of hydrogen-bond acceptors (Lipinski definition) is 2. The van der Waals surface area contributed by atoms with Crippen LogP contribution in [-0.2, 0) is 0 Å².